The minimum absolute atomic E-state index is 0.0320. The van der Waals surface area contributed by atoms with Gasteiger partial charge in [-0.25, -0.2) is 0 Å². The maximum Gasteiger partial charge on any atom is 0.246 e. The van der Waals surface area contributed by atoms with Crippen LogP contribution in [0.3, 0.4) is 0 Å². The van der Waals surface area contributed by atoms with E-state index in [4.69, 9.17) is 27.9 Å². The quantitative estimate of drug-likeness (QED) is 0.603. The lowest BCUT2D eigenvalue weighted by Crippen LogP contribution is -2.50. The highest BCUT2D eigenvalue weighted by atomic mass is 35.5. The van der Waals surface area contributed by atoms with Gasteiger partial charge in [-0.2, -0.15) is 0 Å². The molecule has 1 spiro atoms. The first-order valence-corrected chi connectivity index (χ1v) is 12.2. The third-order valence-electron chi connectivity index (χ3n) is 6.80. The summed E-state index contributed by atoms with van der Waals surface area (Å²) in [4.78, 5) is 43.1. The number of nitrogens with zero attached hydrogens (tertiary/aromatic N) is 3. The number of piperidine rings is 1. The third kappa shape index (κ3) is 5.89. The largest absolute Gasteiger partial charge is 0.375 e. The summed E-state index contributed by atoms with van der Waals surface area (Å²) in [5, 5.41) is 0.878. The second kappa shape index (κ2) is 10.5. The SMILES string of the molecule is O=C(C=Cc1ccc(Cl)c(Cl)c1)N1CCC(=O)N(CC(=O)N2CCC3(CCCO3)CC2)CC1. The summed E-state index contributed by atoms with van der Waals surface area (Å²) in [6, 6.07) is 5.14. The van der Waals surface area contributed by atoms with E-state index in [1.165, 1.54) is 6.08 Å². The summed E-state index contributed by atoms with van der Waals surface area (Å²) in [7, 11) is 0. The monoisotopic (exact) mass is 493 g/mol. The summed E-state index contributed by atoms with van der Waals surface area (Å²) in [6.07, 6.45) is 7.24. The average Bonchev–Trinajstić information content (AvgIpc) is 3.18. The number of carbonyl (C=O) groups excluding carboxylic acids is 3. The normalized spacial score (nSPS) is 21.2. The molecule has 3 aliphatic rings. The smallest absolute Gasteiger partial charge is 0.246 e. The molecule has 3 saturated heterocycles. The Kier molecular flexibility index (Phi) is 7.62. The van der Waals surface area contributed by atoms with Crippen LogP contribution < -0.4 is 0 Å². The zero-order valence-electron chi connectivity index (χ0n) is 18.6. The minimum Gasteiger partial charge on any atom is -0.375 e. The first-order valence-electron chi connectivity index (χ1n) is 11.5. The van der Waals surface area contributed by atoms with Gasteiger partial charge in [0.05, 0.1) is 22.2 Å². The van der Waals surface area contributed by atoms with E-state index in [9.17, 15) is 14.4 Å². The standard InChI is InChI=1S/C24H29Cl2N3O4/c25-19-4-2-18(16-20(19)26)3-5-21(30)27-10-6-22(31)29(14-13-27)17-23(32)28-11-8-24(9-12-28)7-1-15-33-24/h2-5,16H,1,6-15,17H2. The maximum absolute atomic E-state index is 12.8. The van der Waals surface area contributed by atoms with Gasteiger partial charge in [0.25, 0.3) is 0 Å². The molecule has 0 radical (unpaired) electrons. The lowest BCUT2D eigenvalue weighted by atomic mass is 9.88. The second-order valence-electron chi connectivity index (χ2n) is 8.91. The van der Waals surface area contributed by atoms with Gasteiger partial charge >= 0.3 is 0 Å². The molecule has 178 valence electrons. The van der Waals surface area contributed by atoms with E-state index in [0.29, 0.717) is 42.8 Å². The summed E-state index contributed by atoms with van der Waals surface area (Å²) < 4.78 is 5.93. The lowest BCUT2D eigenvalue weighted by molar-refractivity contribution is -0.143. The molecule has 9 heteroatoms. The fourth-order valence-electron chi connectivity index (χ4n) is 4.72. The van der Waals surface area contributed by atoms with E-state index in [2.05, 4.69) is 0 Å². The van der Waals surface area contributed by atoms with Crippen LogP contribution in [0.1, 0.15) is 37.7 Å². The highest BCUT2D eigenvalue weighted by Gasteiger charge is 2.39. The van der Waals surface area contributed by atoms with E-state index < -0.39 is 0 Å². The van der Waals surface area contributed by atoms with Crippen molar-refractivity contribution < 1.29 is 19.1 Å². The minimum atomic E-state index is -0.181. The molecule has 1 aromatic rings. The van der Waals surface area contributed by atoms with Crippen LogP contribution in [0.5, 0.6) is 0 Å². The Morgan fingerprint density at radius 2 is 1.79 bits per heavy atom. The number of hydrogen-bond donors (Lipinski definition) is 0. The van der Waals surface area contributed by atoms with Gasteiger partial charge in [0, 0.05) is 51.8 Å². The topological polar surface area (TPSA) is 70.2 Å². The number of likely N-dealkylation sites (tertiary alicyclic amines) is 1. The van der Waals surface area contributed by atoms with Gasteiger partial charge in [-0.3, -0.25) is 14.4 Å². The molecule has 0 aromatic heterocycles. The summed E-state index contributed by atoms with van der Waals surface area (Å²) in [6.45, 7) is 3.29. The van der Waals surface area contributed by atoms with Gasteiger partial charge in [0.1, 0.15) is 0 Å². The van der Waals surface area contributed by atoms with Crippen molar-refractivity contribution in [1.29, 1.82) is 0 Å². The molecule has 4 rings (SSSR count). The zero-order chi connectivity index (χ0) is 23.4. The summed E-state index contributed by atoms with van der Waals surface area (Å²) >= 11 is 11.9. The van der Waals surface area contributed by atoms with Gasteiger partial charge in [-0.1, -0.05) is 29.3 Å². The molecule has 0 unspecified atom stereocenters. The van der Waals surface area contributed by atoms with Gasteiger partial charge in [-0.05, 0) is 49.5 Å². The summed E-state index contributed by atoms with van der Waals surface area (Å²) in [5.41, 5.74) is 0.725. The fourth-order valence-corrected chi connectivity index (χ4v) is 5.03. The molecule has 0 bridgehead atoms. The first-order chi connectivity index (χ1) is 15.8. The van der Waals surface area contributed by atoms with E-state index in [1.54, 1.807) is 34.1 Å². The molecule has 1 aromatic carbocycles. The van der Waals surface area contributed by atoms with Crippen molar-refractivity contribution in [2.24, 2.45) is 0 Å². The molecule has 3 fully saturated rings. The van der Waals surface area contributed by atoms with Crippen molar-refractivity contribution in [2.45, 2.75) is 37.7 Å². The molecule has 0 aliphatic carbocycles. The Bertz CT molecular complexity index is 936. The highest BCUT2D eigenvalue weighted by Crippen LogP contribution is 2.35. The van der Waals surface area contributed by atoms with E-state index in [0.717, 1.165) is 37.9 Å². The van der Waals surface area contributed by atoms with Crippen molar-refractivity contribution in [3.05, 3.63) is 39.9 Å². The predicted octanol–water partition coefficient (Wildman–Crippen LogP) is 3.24. The van der Waals surface area contributed by atoms with Gasteiger partial charge in [-0.15, -0.1) is 0 Å². The number of hydrogen-bond acceptors (Lipinski definition) is 4. The van der Waals surface area contributed by atoms with E-state index in [1.807, 2.05) is 4.90 Å². The first kappa shape index (κ1) is 24.0. The van der Waals surface area contributed by atoms with Crippen molar-refractivity contribution in [3.8, 4) is 0 Å². The molecule has 0 atom stereocenters. The van der Waals surface area contributed by atoms with Crippen LogP contribution in [0.25, 0.3) is 6.08 Å². The number of rotatable bonds is 4. The van der Waals surface area contributed by atoms with Gasteiger partial charge < -0.3 is 19.4 Å². The van der Waals surface area contributed by atoms with Gasteiger partial charge in [0.2, 0.25) is 17.7 Å². The van der Waals surface area contributed by atoms with Gasteiger partial charge in [0.15, 0.2) is 0 Å². The highest BCUT2D eigenvalue weighted by molar-refractivity contribution is 6.42. The number of carbonyl (C=O) groups is 3. The number of amides is 3. The van der Waals surface area contributed by atoms with Crippen LogP contribution in [0.15, 0.2) is 24.3 Å². The summed E-state index contributed by atoms with van der Waals surface area (Å²) in [5.74, 6) is -0.310. The molecule has 33 heavy (non-hydrogen) atoms. The van der Waals surface area contributed by atoms with Crippen LogP contribution in [0, 0.1) is 0 Å². The fraction of sp³-hybridized carbons (Fsp3) is 0.542. The van der Waals surface area contributed by atoms with Crippen molar-refractivity contribution in [3.63, 3.8) is 0 Å². The van der Waals surface area contributed by atoms with Crippen molar-refractivity contribution >= 4 is 47.0 Å². The Labute approximate surface area is 204 Å². The van der Waals surface area contributed by atoms with E-state index in [-0.39, 0.29) is 36.3 Å². The molecule has 3 amide bonds. The predicted molar refractivity (Wildman–Crippen MR) is 127 cm³/mol. The molecule has 7 nitrogen and oxygen atoms in total. The Morgan fingerprint density at radius 3 is 2.48 bits per heavy atom. The molecule has 0 saturated carbocycles. The molecule has 3 aliphatic heterocycles. The second-order valence-corrected chi connectivity index (χ2v) is 9.73. The lowest BCUT2D eigenvalue weighted by Gasteiger charge is -2.39. The van der Waals surface area contributed by atoms with E-state index >= 15 is 0 Å². The Hall–Kier alpha value is -2.09. The molecule has 0 N–H and O–H groups in total. The van der Waals surface area contributed by atoms with Crippen LogP contribution in [-0.4, -0.2) is 83.9 Å². The Balaban J connectivity index is 1.28. The van der Waals surface area contributed by atoms with Crippen LogP contribution >= 0.6 is 23.2 Å². The van der Waals surface area contributed by atoms with Crippen LogP contribution in [0.4, 0.5) is 0 Å². The number of halogens is 2. The maximum atomic E-state index is 12.8. The number of ether oxygens (including phenoxy) is 1. The molecular weight excluding hydrogens is 465 g/mol. The Morgan fingerprint density at radius 1 is 1.00 bits per heavy atom. The zero-order valence-corrected chi connectivity index (χ0v) is 20.1. The van der Waals surface area contributed by atoms with Crippen molar-refractivity contribution in [1.82, 2.24) is 14.7 Å². The van der Waals surface area contributed by atoms with Crippen LogP contribution in [-0.2, 0) is 19.1 Å². The third-order valence-corrected chi connectivity index (χ3v) is 7.54. The number of benzene rings is 1. The average molecular weight is 494 g/mol. The van der Waals surface area contributed by atoms with Crippen LogP contribution in [0.2, 0.25) is 10.0 Å². The van der Waals surface area contributed by atoms with Crippen molar-refractivity contribution in [2.75, 3.05) is 45.9 Å². The molecule has 3 heterocycles. The molecular formula is C24H29Cl2N3O4.